The molecule has 2 aromatic carbocycles. The second-order valence-corrected chi connectivity index (χ2v) is 6.90. The van der Waals surface area contributed by atoms with Gasteiger partial charge < -0.3 is 13.9 Å². The summed E-state index contributed by atoms with van der Waals surface area (Å²) in [6, 6.07) is 16.0. The van der Waals surface area contributed by atoms with Crippen LogP contribution < -0.4 is 4.74 Å². The first-order valence-electron chi connectivity index (χ1n) is 8.39. The van der Waals surface area contributed by atoms with Crippen LogP contribution in [0.15, 0.2) is 70.7 Å². The third-order valence-electron chi connectivity index (χ3n) is 4.22. The van der Waals surface area contributed by atoms with Crippen molar-refractivity contribution in [1.82, 2.24) is 0 Å². The molecule has 0 fully saturated rings. The van der Waals surface area contributed by atoms with Crippen molar-refractivity contribution in [1.29, 1.82) is 0 Å². The molecule has 1 aliphatic heterocycles. The lowest BCUT2D eigenvalue weighted by atomic mass is 10.1. The maximum atomic E-state index is 12.2. The highest BCUT2D eigenvalue weighted by Gasteiger charge is 2.22. The van der Waals surface area contributed by atoms with Crippen LogP contribution in [0.2, 0.25) is 10.0 Å². The van der Waals surface area contributed by atoms with Gasteiger partial charge in [-0.05, 0) is 66.7 Å². The van der Waals surface area contributed by atoms with Crippen LogP contribution in [0.1, 0.15) is 11.3 Å². The topological polar surface area (TPSA) is 48.7 Å². The molecule has 3 aromatic rings. The predicted molar refractivity (Wildman–Crippen MR) is 109 cm³/mol. The van der Waals surface area contributed by atoms with Crippen molar-refractivity contribution >= 4 is 41.0 Å². The molecule has 2 heterocycles. The summed E-state index contributed by atoms with van der Waals surface area (Å²) in [4.78, 5) is 12.2. The van der Waals surface area contributed by atoms with E-state index >= 15 is 0 Å². The minimum absolute atomic E-state index is 0.397. The lowest BCUT2D eigenvalue weighted by molar-refractivity contribution is -0.130. The monoisotopic (exact) mass is 412 g/mol. The van der Waals surface area contributed by atoms with Gasteiger partial charge in [0.2, 0.25) is 0 Å². The fourth-order valence-electron chi connectivity index (χ4n) is 2.80. The Bertz CT molecular complexity index is 1110. The first kappa shape index (κ1) is 18.4. The molecule has 0 unspecified atom stereocenters. The molecule has 4 nitrogen and oxygen atoms in total. The smallest absolute Gasteiger partial charge is 0.343 e. The van der Waals surface area contributed by atoms with Crippen molar-refractivity contribution in [2.75, 3.05) is 7.11 Å². The van der Waals surface area contributed by atoms with Crippen molar-refractivity contribution in [3.8, 4) is 17.1 Å². The maximum absolute atomic E-state index is 12.2. The van der Waals surface area contributed by atoms with E-state index in [9.17, 15) is 4.79 Å². The number of furan rings is 1. The third-order valence-corrected chi connectivity index (χ3v) is 4.77. The Kier molecular flexibility index (Phi) is 4.99. The molecule has 0 bridgehead atoms. The van der Waals surface area contributed by atoms with Crippen LogP contribution in [0.5, 0.6) is 5.75 Å². The van der Waals surface area contributed by atoms with Gasteiger partial charge in [-0.1, -0.05) is 23.2 Å². The van der Waals surface area contributed by atoms with Crippen molar-refractivity contribution in [2.45, 2.75) is 0 Å². The average Bonchev–Trinajstić information content (AvgIpc) is 3.29. The van der Waals surface area contributed by atoms with E-state index in [1.54, 1.807) is 61.7 Å². The second kappa shape index (κ2) is 7.58. The quantitative estimate of drug-likeness (QED) is 0.375. The molecule has 0 spiro atoms. The highest BCUT2D eigenvalue weighted by molar-refractivity contribution is 6.36. The van der Waals surface area contributed by atoms with E-state index in [1.807, 2.05) is 12.1 Å². The summed E-state index contributed by atoms with van der Waals surface area (Å²) < 4.78 is 16.3. The van der Waals surface area contributed by atoms with E-state index in [-0.39, 0.29) is 0 Å². The van der Waals surface area contributed by atoms with Gasteiger partial charge in [0.1, 0.15) is 23.0 Å². The first-order chi connectivity index (χ1) is 13.5. The minimum atomic E-state index is -0.437. The number of carbonyl (C=O) groups excluding carboxylic acids is 1. The summed E-state index contributed by atoms with van der Waals surface area (Å²) in [6.07, 6.45) is 3.31. The summed E-state index contributed by atoms with van der Waals surface area (Å²) >= 11 is 12.2. The number of carbonyl (C=O) groups is 1. The molecule has 0 saturated carbocycles. The lowest BCUT2D eigenvalue weighted by Crippen LogP contribution is -1.97. The third kappa shape index (κ3) is 3.70. The van der Waals surface area contributed by atoms with E-state index in [4.69, 9.17) is 37.1 Å². The van der Waals surface area contributed by atoms with Gasteiger partial charge in [0.05, 0.1) is 17.7 Å². The number of halogens is 2. The molecule has 0 aliphatic carbocycles. The zero-order valence-electron chi connectivity index (χ0n) is 14.7. The molecule has 0 N–H and O–H groups in total. The predicted octanol–water partition coefficient (Wildman–Crippen LogP) is 6.24. The number of hydrogen-bond acceptors (Lipinski definition) is 4. The Labute approximate surface area is 171 Å². The molecule has 0 atom stereocenters. The van der Waals surface area contributed by atoms with Crippen LogP contribution in [0.4, 0.5) is 0 Å². The van der Waals surface area contributed by atoms with Crippen molar-refractivity contribution in [3.05, 3.63) is 87.6 Å². The maximum Gasteiger partial charge on any atom is 0.343 e. The minimum Gasteiger partial charge on any atom is -0.497 e. The number of cyclic esters (lactones) is 1. The summed E-state index contributed by atoms with van der Waals surface area (Å²) in [5.41, 5.74) is 1.90. The summed E-state index contributed by atoms with van der Waals surface area (Å²) in [7, 11) is 1.60. The lowest BCUT2D eigenvalue weighted by Gasteiger charge is -2.03. The number of benzene rings is 2. The van der Waals surface area contributed by atoms with Crippen LogP contribution in [-0.4, -0.2) is 13.1 Å². The van der Waals surface area contributed by atoms with E-state index in [2.05, 4.69) is 0 Å². The molecular weight excluding hydrogens is 399 g/mol. The Balaban J connectivity index is 1.61. The zero-order valence-corrected chi connectivity index (χ0v) is 16.3. The fourth-order valence-corrected chi connectivity index (χ4v) is 3.31. The van der Waals surface area contributed by atoms with Crippen LogP contribution in [-0.2, 0) is 9.53 Å². The molecule has 28 heavy (non-hydrogen) atoms. The normalized spacial score (nSPS) is 14.9. The number of rotatable bonds is 4. The summed E-state index contributed by atoms with van der Waals surface area (Å²) in [5.74, 6) is 1.87. The van der Waals surface area contributed by atoms with Gasteiger partial charge in [-0.3, -0.25) is 0 Å². The highest BCUT2D eigenvalue weighted by Crippen LogP contribution is 2.33. The summed E-state index contributed by atoms with van der Waals surface area (Å²) in [6.45, 7) is 0. The van der Waals surface area contributed by atoms with Gasteiger partial charge in [-0.25, -0.2) is 4.79 Å². The number of methoxy groups -OCH3 is 1. The molecular formula is C22H14Cl2O4. The molecule has 1 aromatic heterocycles. The van der Waals surface area contributed by atoms with E-state index in [0.717, 1.165) is 16.9 Å². The van der Waals surface area contributed by atoms with Gasteiger partial charge in [0, 0.05) is 16.1 Å². The second-order valence-electron chi connectivity index (χ2n) is 6.05. The van der Waals surface area contributed by atoms with Crippen molar-refractivity contribution in [3.63, 3.8) is 0 Å². The van der Waals surface area contributed by atoms with Crippen LogP contribution in [0.3, 0.4) is 0 Å². The molecule has 0 amide bonds. The van der Waals surface area contributed by atoms with Gasteiger partial charge in [-0.2, -0.15) is 0 Å². The van der Waals surface area contributed by atoms with Crippen LogP contribution in [0, 0.1) is 0 Å². The molecule has 0 radical (unpaired) electrons. The Morgan fingerprint density at radius 3 is 2.50 bits per heavy atom. The Morgan fingerprint density at radius 1 is 1.00 bits per heavy atom. The number of esters is 1. The zero-order chi connectivity index (χ0) is 19.7. The van der Waals surface area contributed by atoms with Gasteiger partial charge in [-0.15, -0.1) is 0 Å². The summed E-state index contributed by atoms with van der Waals surface area (Å²) in [5, 5.41) is 1.04. The fraction of sp³-hybridized carbons (Fsp3) is 0.0455. The Morgan fingerprint density at radius 2 is 1.79 bits per heavy atom. The van der Waals surface area contributed by atoms with Crippen LogP contribution in [0.25, 0.3) is 23.2 Å². The SMILES string of the molecule is COc1ccc(C2=C/C(=C/c3ccc(-c4ccc(Cl)cc4Cl)o3)C(=O)O2)cc1. The van der Waals surface area contributed by atoms with E-state index < -0.39 is 5.97 Å². The molecule has 1 aliphatic rings. The molecule has 6 heteroatoms. The number of ether oxygens (including phenoxy) is 2. The molecule has 4 rings (SSSR count). The largest absolute Gasteiger partial charge is 0.497 e. The number of hydrogen-bond donors (Lipinski definition) is 0. The van der Waals surface area contributed by atoms with Crippen molar-refractivity contribution < 1.29 is 18.7 Å². The molecule has 0 saturated heterocycles. The average molecular weight is 413 g/mol. The standard InChI is InChI=1S/C22H14Cl2O4/c1-26-16-5-2-13(3-6-16)21-11-14(22(25)28-21)10-17-7-9-20(27-17)18-8-4-15(23)12-19(18)24/h2-12H,1H3/b14-10-. The highest BCUT2D eigenvalue weighted by atomic mass is 35.5. The van der Waals surface area contributed by atoms with Gasteiger partial charge >= 0.3 is 5.97 Å². The van der Waals surface area contributed by atoms with Crippen molar-refractivity contribution in [2.24, 2.45) is 0 Å². The van der Waals surface area contributed by atoms with Gasteiger partial charge in [0.25, 0.3) is 0 Å². The van der Waals surface area contributed by atoms with Crippen LogP contribution >= 0.6 is 23.2 Å². The first-order valence-corrected chi connectivity index (χ1v) is 9.14. The van der Waals surface area contributed by atoms with E-state index in [0.29, 0.717) is 32.9 Å². The molecule has 140 valence electrons. The Hall–Kier alpha value is -2.95. The van der Waals surface area contributed by atoms with Gasteiger partial charge in [0.15, 0.2) is 0 Å². The van der Waals surface area contributed by atoms with E-state index in [1.165, 1.54) is 0 Å².